The lowest BCUT2D eigenvalue weighted by Gasteiger charge is -2.19. The number of carbonyl (C=O) groups is 2. The number of anilines is 1. The summed E-state index contributed by atoms with van der Waals surface area (Å²) in [7, 11) is 0. The molecule has 0 unspecified atom stereocenters. The molecule has 5 nitrogen and oxygen atoms in total. The Bertz CT molecular complexity index is 479. The molecule has 0 aromatic heterocycles. The second kappa shape index (κ2) is 5.03. The molecule has 6 heteroatoms. The number of halogens is 1. The molecule has 0 atom stereocenters. The summed E-state index contributed by atoms with van der Waals surface area (Å²) in [6.45, 7) is 5.09. The third-order valence-corrected chi connectivity index (χ3v) is 1.85. The third-order valence-electron chi connectivity index (χ3n) is 1.85. The van der Waals surface area contributed by atoms with Gasteiger partial charge in [-0.05, 0) is 39.0 Å². The number of nitrogens with one attached hydrogen (secondary N) is 1. The number of benzene rings is 1. The van der Waals surface area contributed by atoms with E-state index in [0.29, 0.717) is 0 Å². The number of ether oxygens (including phenoxy) is 1. The predicted molar refractivity (Wildman–Crippen MR) is 63.2 cm³/mol. The predicted octanol–water partition coefficient (Wildman–Crippen LogP) is 2.87. The normalized spacial score (nSPS) is 10.9. The van der Waals surface area contributed by atoms with E-state index in [9.17, 15) is 14.0 Å². The molecule has 0 spiro atoms. The van der Waals surface area contributed by atoms with Gasteiger partial charge in [-0.1, -0.05) is 0 Å². The van der Waals surface area contributed by atoms with Crippen LogP contribution in [0.15, 0.2) is 18.2 Å². The summed E-state index contributed by atoms with van der Waals surface area (Å²) in [6.07, 6.45) is -1.38. The smallest absolute Gasteiger partial charge is 0.409 e. The maximum absolute atomic E-state index is 13.5. The van der Waals surface area contributed by atoms with Crippen molar-refractivity contribution in [1.29, 1.82) is 0 Å². The minimum absolute atomic E-state index is 0.0263. The number of carbonyl (C=O) groups excluding carboxylic acids is 1. The van der Waals surface area contributed by atoms with Gasteiger partial charge in [0.25, 0.3) is 0 Å². The Labute approximate surface area is 104 Å². The van der Waals surface area contributed by atoms with E-state index in [-0.39, 0.29) is 11.3 Å². The molecule has 0 aliphatic heterocycles. The highest BCUT2D eigenvalue weighted by Crippen LogP contribution is 2.18. The van der Waals surface area contributed by atoms with Crippen LogP contribution in [0.1, 0.15) is 31.1 Å². The van der Waals surface area contributed by atoms with Crippen molar-refractivity contribution < 1.29 is 23.8 Å². The molecule has 0 aliphatic carbocycles. The van der Waals surface area contributed by atoms with E-state index in [2.05, 4.69) is 0 Å². The fourth-order valence-electron chi connectivity index (χ4n) is 1.20. The average Bonchev–Trinajstić information content (AvgIpc) is 2.17. The zero-order valence-corrected chi connectivity index (χ0v) is 10.3. The summed E-state index contributed by atoms with van der Waals surface area (Å²) in [4.78, 5) is 22.0. The van der Waals surface area contributed by atoms with Crippen molar-refractivity contribution in [3.8, 4) is 0 Å². The first-order valence-corrected chi connectivity index (χ1v) is 5.22. The van der Waals surface area contributed by atoms with Crippen molar-refractivity contribution in [1.82, 2.24) is 0 Å². The molecule has 0 fully saturated rings. The lowest BCUT2D eigenvalue weighted by atomic mass is 10.1. The summed E-state index contributed by atoms with van der Waals surface area (Å²) in [5.41, 5.74) is -0.862. The topological polar surface area (TPSA) is 75.6 Å². The molecule has 98 valence electrons. The maximum Gasteiger partial charge on any atom is 0.409 e. The van der Waals surface area contributed by atoms with E-state index in [4.69, 9.17) is 9.84 Å². The first kappa shape index (κ1) is 14.0. The highest BCUT2D eigenvalue weighted by atomic mass is 19.1. The molecule has 1 aromatic carbocycles. The highest BCUT2D eigenvalue weighted by Gasteiger charge is 2.19. The van der Waals surface area contributed by atoms with E-state index in [1.807, 2.05) is 5.32 Å². The molecule has 18 heavy (non-hydrogen) atoms. The lowest BCUT2D eigenvalue weighted by molar-refractivity contribution is 0.00690. The number of amides is 1. The summed E-state index contributed by atoms with van der Waals surface area (Å²) in [5.74, 6) is -1.50. The van der Waals surface area contributed by atoms with Gasteiger partial charge in [0.15, 0.2) is 0 Å². The van der Waals surface area contributed by atoms with Crippen molar-refractivity contribution in [3.05, 3.63) is 29.6 Å². The number of hydrogen-bond acceptors (Lipinski definition) is 3. The van der Waals surface area contributed by atoms with Gasteiger partial charge in [0.2, 0.25) is 0 Å². The van der Waals surface area contributed by atoms with E-state index >= 15 is 0 Å². The average molecular weight is 255 g/mol. The zero-order valence-electron chi connectivity index (χ0n) is 10.3. The van der Waals surface area contributed by atoms with Crippen LogP contribution in [0.5, 0.6) is 0 Å². The summed E-state index contributed by atoms with van der Waals surface area (Å²) < 4.78 is 18.5. The molecule has 1 amide bonds. The SMILES string of the molecule is CC(C)(C)OC(=O)c1ccc(NC(=O)O)c(F)c1. The lowest BCUT2D eigenvalue weighted by Crippen LogP contribution is -2.24. The molecule has 0 aliphatic rings. The Balaban J connectivity index is 2.90. The number of esters is 1. The van der Waals surface area contributed by atoms with Gasteiger partial charge in [-0.15, -0.1) is 0 Å². The van der Waals surface area contributed by atoms with Gasteiger partial charge >= 0.3 is 12.1 Å². The molecular formula is C12H14FNO4. The van der Waals surface area contributed by atoms with Gasteiger partial charge in [-0.2, -0.15) is 0 Å². The second-order valence-corrected chi connectivity index (χ2v) is 4.63. The minimum atomic E-state index is -1.38. The van der Waals surface area contributed by atoms with Crippen LogP contribution in [0.4, 0.5) is 14.9 Å². The quantitative estimate of drug-likeness (QED) is 0.797. The highest BCUT2D eigenvalue weighted by molar-refractivity contribution is 5.91. The van der Waals surface area contributed by atoms with Crippen molar-refractivity contribution in [3.63, 3.8) is 0 Å². The Kier molecular flexibility index (Phi) is 3.90. The fraction of sp³-hybridized carbons (Fsp3) is 0.333. The number of rotatable bonds is 2. The van der Waals surface area contributed by atoms with Gasteiger partial charge in [0.05, 0.1) is 11.3 Å². The Hall–Kier alpha value is -2.11. The number of hydrogen-bond donors (Lipinski definition) is 2. The van der Waals surface area contributed by atoms with Crippen LogP contribution in [0.3, 0.4) is 0 Å². The van der Waals surface area contributed by atoms with Gasteiger partial charge in [0, 0.05) is 0 Å². The van der Waals surface area contributed by atoms with Gasteiger partial charge in [-0.25, -0.2) is 14.0 Å². The van der Waals surface area contributed by atoms with Crippen molar-refractivity contribution in [2.24, 2.45) is 0 Å². The Morgan fingerprint density at radius 1 is 1.33 bits per heavy atom. The van der Waals surface area contributed by atoms with Crippen molar-refractivity contribution in [2.75, 3.05) is 5.32 Å². The zero-order chi connectivity index (χ0) is 13.9. The van der Waals surface area contributed by atoms with Crippen LogP contribution in [0.2, 0.25) is 0 Å². The summed E-state index contributed by atoms with van der Waals surface area (Å²) in [6, 6.07) is 3.39. The van der Waals surface area contributed by atoms with E-state index < -0.39 is 23.5 Å². The first-order valence-electron chi connectivity index (χ1n) is 5.22. The molecule has 1 rings (SSSR count). The second-order valence-electron chi connectivity index (χ2n) is 4.63. The standard InChI is InChI=1S/C12H14FNO4/c1-12(2,3)18-10(15)7-4-5-9(8(13)6-7)14-11(16)17/h4-6,14H,1-3H3,(H,16,17). The molecular weight excluding hydrogens is 241 g/mol. The fourth-order valence-corrected chi connectivity index (χ4v) is 1.20. The molecule has 2 N–H and O–H groups in total. The van der Waals surface area contributed by atoms with Crippen LogP contribution < -0.4 is 5.32 Å². The van der Waals surface area contributed by atoms with Gasteiger partial charge in [0.1, 0.15) is 11.4 Å². The molecule has 0 saturated carbocycles. The van der Waals surface area contributed by atoms with Gasteiger partial charge in [-0.3, -0.25) is 5.32 Å². The Morgan fingerprint density at radius 3 is 2.39 bits per heavy atom. The van der Waals surface area contributed by atoms with Crippen LogP contribution in [0, 0.1) is 5.82 Å². The van der Waals surface area contributed by atoms with Crippen molar-refractivity contribution >= 4 is 17.7 Å². The molecule has 0 heterocycles. The van der Waals surface area contributed by atoms with Crippen LogP contribution in [0.25, 0.3) is 0 Å². The van der Waals surface area contributed by atoms with Gasteiger partial charge < -0.3 is 9.84 Å². The molecule has 0 radical (unpaired) electrons. The third kappa shape index (κ3) is 4.04. The molecule has 0 saturated heterocycles. The van der Waals surface area contributed by atoms with Crippen molar-refractivity contribution in [2.45, 2.75) is 26.4 Å². The minimum Gasteiger partial charge on any atom is -0.465 e. The maximum atomic E-state index is 13.5. The van der Waals surface area contributed by atoms with Crippen LogP contribution in [-0.4, -0.2) is 22.8 Å². The monoisotopic (exact) mass is 255 g/mol. The summed E-state index contributed by atoms with van der Waals surface area (Å²) in [5, 5.41) is 10.3. The van der Waals surface area contributed by atoms with E-state index in [1.54, 1.807) is 20.8 Å². The molecule has 1 aromatic rings. The number of carboxylic acid groups (broad SMARTS) is 1. The summed E-state index contributed by atoms with van der Waals surface area (Å²) >= 11 is 0. The Morgan fingerprint density at radius 2 is 1.94 bits per heavy atom. The van der Waals surface area contributed by atoms with E-state index in [0.717, 1.165) is 6.07 Å². The first-order chi connectivity index (χ1) is 8.19. The van der Waals surface area contributed by atoms with Crippen LogP contribution in [-0.2, 0) is 4.74 Å². The van der Waals surface area contributed by atoms with E-state index in [1.165, 1.54) is 12.1 Å². The van der Waals surface area contributed by atoms with Crippen LogP contribution >= 0.6 is 0 Å². The molecule has 0 bridgehead atoms. The largest absolute Gasteiger partial charge is 0.465 e.